The van der Waals surface area contributed by atoms with E-state index in [-0.39, 0.29) is 11.4 Å². The van der Waals surface area contributed by atoms with Crippen LogP contribution in [0.1, 0.15) is 5.56 Å². The van der Waals surface area contributed by atoms with Crippen LogP contribution < -0.4 is 10.1 Å². The number of aromatic hydroxyl groups is 1. The summed E-state index contributed by atoms with van der Waals surface area (Å²) in [7, 11) is 1.48. The topological polar surface area (TPSA) is 84.6 Å². The van der Waals surface area contributed by atoms with Crippen LogP contribution in [0.5, 0.6) is 11.5 Å². The van der Waals surface area contributed by atoms with Gasteiger partial charge in [0.2, 0.25) is 0 Å². The highest BCUT2D eigenvalue weighted by atomic mass is 79.9. The molecule has 0 fully saturated rings. The van der Waals surface area contributed by atoms with Crippen molar-refractivity contribution in [3.8, 4) is 11.5 Å². The van der Waals surface area contributed by atoms with Crippen molar-refractivity contribution in [2.24, 2.45) is 0 Å². The zero-order valence-electron chi connectivity index (χ0n) is 11.2. The molecule has 6 nitrogen and oxygen atoms in total. The Morgan fingerprint density at radius 3 is 2.76 bits per heavy atom. The first-order chi connectivity index (χ1) is 10.0. The SMILES string of the molecule is COc1cc(CNc2ccc(Br)c([N+](=O)[O-])c2)ccc1O. The number of phenolic OH excluding ortho intramolecular Hbond substituents is 1. The van der Waals surface area contributed by atoms with Crippen molar-refractivity contribution < 1.29 is 14.8 Å². The van der Waals surface area contributed by atoms with Crippen LogP contribution in [-0.4, -0.2) is 17.1 Å². The van der Waals surface area contributed by atoms with E-state index >= 15 is 0 Å². The summed E-state index contributed by atoms with van der Waals surface area (Å²) in [6, 6.07) is 9.82. The van der Waals surface area contributed by atoms with Gasteiger partial charge >= 0.3 is 0 Å². The summed E-state index contributed by atoms with van der Waals surface area (Å²) in [6.45, 7) is 0.454. The molecule has 0 saturated heterocycles. The number of nitro benzene ring substituents is 1. The molecule has 0 unspecified atom stereocenters. The average Bonchev–Trinajstić information content (AvgIpc) is 2.47. The lowest BCUT2D eigenvalue weighted by Gasteiger charge is -2.09. The van der Waals surface area contributed by atoms with E-state index in [0.29, 0.717) is 22.5 Å². The summed E-state index contributed by atoms with van der Waals surface area (Å²) in [5.41, 5.74) is 1.52. The van der Waals surface area contributed by atoms with Gasteiger partial charge < -0.3 is 15.2 Å². The minimum Gasteiger partial charge on any atom is -0.504 e. The lowest BCUT2D eigenvalue weighted by atomic mass is 10.2. The van der Waals surface area contributed by atoms with Gasteiger partial charge in [-0.25, -0.2) is 0 Å². The summed E-state index contributed by atoms with van der Waals surface area (Å²) in [6.07, 6.45) is 0. The van der Waals surface area contributed by atoms with E-state index in [0.717, 1.165) is 5.56 Å². The summed E-state index contributed by atoms with van der Waals surface area (Å²) in [4.78, 5) is 10.4. The first kappa shape index (κ1) is 15.1. The number of nitrogens with one attached hydrogen (secondary N) is 1. The van der Waals surface area contributed by atoms with Crippen molar-refractivity contribution in [3.05, 3.63) is 56.5 Å². The van der Waals surface area contributed by atoms with Crippen LogP contribution >= 0.6 is 15.9 Å². The van der Waals surface area contributed by atoms with Crippen molar-refractivity contribution in [3.63, 3.8) is 0 Å². The summed E-state index contributed by atoms with van der Waals surface area (Å²) in [5.74, 6) is 0.455. The van der Waals surface area contributed by atoms with Crippen molar-refractivity contribution in [2.75, 3.05) is 12.4 Å². The number of rotatable bonds is 5. The molecule has 0 aromatic heterocycles. The van der Waals surface area contributed by atoms with E-state index in [1.165, 1.54) is 13.2 Å². The van der Waals surface area contributed by atoms with Gasteiger partial charge in [-0.2, -0.15) is 0 Å². The second-order valence-electron chi connectivity index (χ2n) is 4.28. The van der Waals surface area contributed by atoms with Crippen LogP contribution in [0.4, 0.5) is 11.4 Å². The van der Waals surface area contributed by atoms with Crippen molar-refractivity contribution in [1.82, 2.24) is 0 Å². The minimum absolute atomic E-state index is 0.00304. The lowest BCUT2D eigenvalue weighted by molar-refractivity contribution is -0.385. The van der Waals surface area contributed by atoms with Crippen LogP contribution in [0.2, 0.25) is 0 Å². The van der Waals surface area contributed by atoms with Crippen LogP contribution in [0.15, 0.2) is 40.9 Å². The summed E-state index contributed by atoms with van der Waals surface area (Å²) < 4.78 is 5.47. The number of anilines is 1. The van der Waals surface area contributed by atoms with E-state index < -0.39 is 4.92 Å². The Balaban J connectivity index is 2.13. The second kappa shape index (κ2) is 6.45. The van der Waals surface area contributed by atoms with Crippen LogP contribution in [-0.2, 0) is 6.54 Å². The molecule has 2 N–H and O–H groups in total. The van der Waals surface area contributed by atoms with E-state index in [1.807, 2.05) is 0 Å². The number of nitro groups is 1. The van der Waals surface area contributed by atoms with Gasteiger partial charge in [0.15, 0.2) is 11.5 Å². The van der Waals surface area contributed by atoms with Crippen LogP contribution in [0, 0.1) is 10.1 Å². The Morgan fingerprint density at radius 1 is 1.33 bits per heavy atom. The molecule has 0 aliphatic carbocycles. The lowest BCUT2D eigenvalue weighted by Crippen LogP contribution is -2.00. The Hall–Kier alpha value is -2.28. The molecule has 21 heavy (non-hydrogen) atoms. The molecule has 0 aliphatic heterocycles. The van der Waals surface area contributed by atoms with E-state index in [4.69, 9.17) is 4.74 Å². The molecule has 0 aliphatic rings. The highest BCUT2D eigenvalue weighted by Gasteiger charge is 2.12. The van der Waals surface area contributed by atoms with Crippen LogP contribution in [0.25, 0.3) is 0 Å². The zero-order valence-corrected chi connectivity index (χ0v) is 12.8. The maximum atomic E-state index is 10.9. The normalized spacial score (nSPS) is 10.2. The molecule has 2 aromatic carbocycles. The standard InChI is InChI=1S/C14H13BrN2O4/c1-21-14-6-9(2-5-13(14)18)8-16-10-3-4-11(15)12(7-10)17(19)20/h2-7,16,18H,8H2,1H3. The molecule has 0 saturated carbocycles. The van der Waals surface area contributed by atoms with Gasteiger partial charge in [0, 0.05) is 18.3 Å². The predicted octanol–water partition coefficient (Wildman–Crippen LogP) is 3.68. The Kier molecular flexibility index (Phi) is 4.64. The third kappa shape index (κ3) is 3.63. The quantitative estimate of drug-likeness (QED) is 0.633. The molecule has 0 amide bonds. The maximum Gasteiger partial charge on any atom is 0.285 e. The fraction of sp³-hybridized carbons (Fsp3) is 0.143. The Morgan fingerprint density at radius 2 is 2.10 bits per heavy atom. The highest BCUT2D eigenvalue weighted by molar-refractivity contribution is 9.10. The van der Waals surface area contributed by atoms with E-state index in [2.05, 4.69) is 21.2 Å². The van der Waals surface area contributed by atoms with Gasteiger partial charge in [-0.15, -0.1) is 0 Å². The highest BCUT2D eigenvalue weighted by Crippen LogP contribution is 2.29. The number of ether oxygens (including phenoxy) is 1. The molecule has 2 rings (SSSR count). The fourth-order valence-electron chi connectivity index (χ4n) is 1.80. The zero-order chi connectivity index (χ0) is 15.4. The van der Waals surface area contributed by atoms with Gasteiger partial charge in [0.1, 0.15) is 0 Å². The molecule has 0 heterocycles. The van der Waals surface area contributed by atoms with Crippen molar-refractivity contribution >= 4 is 27.3 Å². The second-order valence-corrected chi connectivity index (χ2v) is 5.14. The monoisotopic (exact) mass is 352 g/mol. The predicted molar refractivity (Wildman–Crippen MR) is 82.8 cm³/mol. The van der Waals surface area contributed by atoms with Gasteiger partial charge in [-0.3, -0.25) is 10.1 Å². The number of phenols is 1. The molecule has 110 valence electrons. The first-order valence-corrected chi connectivity index (χ1v) is 6.84. The summed E-state index contributed by atoms with van der Waals surface area (Å²) >= 11 is 3.14. The number of nitrogens with zero attached hydrogens (tertiary/aromatic N) is 1. The Labute approximate surface area is 129 Å². The molecular formula is C14H13BrN2O4. The van der Waals surface area contributed by atoms with Crippen molar-refractivity contribution in [2.45, 2.75) is 6.54 Å². The van der Waals surface area contributed by atoms with E-state index in [9.17, 15) is 15.2 Å². The summed E-state index contributed by atoms with van der Waals surface area (Å²) in [5, 5.41) is 23.5. The van der Waals surface area contributed by atoms with Gasteiger partial charge in [-0.05, 0) is 45.8 Å². The van der Waals surface area contributed by atoms with Gasteiger partial charge in [0.25, 0.3) is 5.69 Å². The van der Waals surface area contributed by atoms with Gasteiger partial charge in [-0.1, -0.05) is 6.07 Å². The molecule has 7 heteroatoms. The third-order valence-electron chi connectivity index (χ3n) is 2.88. The minimum atomic E-state index is -0.446. The number of halogens is 1. The fourth-order valence-corrected chi connectivity index (χ4v) is 2.19. The van der Waals surface area contributed by atoms with E-state index in [1.54, 1.807) is 30.3 Å². The maximum absolute atomic E-state index is 10.9. The molecule has 2 aromatic rings. The molecular weight excluding hydrogens is 340 g/mol. The molecule has 0 bridgehead atoms. The average molecular weight is 353 g/mol. The molecule has 0 spiro atoms. The largest absolute Gasteiger partial charge is 0.504 e. The molecule has 0 atom stereocenters. The van der Waals surface area contributed by atoms with Gasteiger partial charge in [0.05, 0.1) is 16.5 Å². The number of hydrogen-bond donors (Lipinski definition) is 2. The Bertz CT molecular complexity index is 676. The first-order valence-electron chi connectivity index (χ1n) is 6.05. The smallest absolute Gasteiger partial charge is 0.285 e. The number of methoxy groups -OCH3 is 1. The molecule has 0 radical (unpaired) electrons. The number of benzene rings is 2. The van der Waals surface area contributed by atoms with Crippen LogP contribution in [0.3, 0.4) is 0 Å². The van der Waals surface area contributed by atoms with Crippen molar-refractivity contribution in [1.29, 1.82) is 0 Å². The number of hydrogen-bond acceptors (Lipinski definition) is 5. The third-order valence-corrected chi connectivity index (χ3v) is 3.55.